The molecule has 1 atom stereocenters. The van der Waals surface area contributed by atoms with Gasteiger partial charge >= 0.3 is 11.9 Å². The topological polar surface area (TPSA) is 72.8 Å². The van der Waals surface area contributed by atoms with E-state index in [1.807, 2.05) is 30.3 Å². The van der Waals surface area contributed by atoms with Gasteiger partial charge in [-0.3, -0.25) is 4.79 Å². The Labute approximate surface area is 200 Å². The fourth-order valence-corrected chi connectivity index (χ4v) is 3.60. The molecule has 1 unspecified atom stereocenters. The van der Waals surface area contributed by atoms with Crippen LogP contribution in [0.1, 0.15) is 102 Å². The number of ether oxygens (including phenoxy) is 2. The van der Waals surface area contributed by atoms with E-state index >= 15 is 0 Å². The van der Waals surface area contributed by atoms with Crippen molar-refractivity contribution in [3.8, 4) is 0 Å². The standard InChI is InChI=1S/C28H44O5/c1-2-3-4-5-6-7-8-9-10-11-12-13-17-20-27(30)32-24-26(23-29)33-28(31)22-21-25-18-15-14-16-19-25/h14-16,18-19,21-22,26,29H,2-13,17,20,23-24H2,1H3/b22-21+. The first-order valence-corrected chi connectivity index (χ1v) is 12.9. The van der Waals surface area contributed by atoms with Crippen LogP contribution in [0.15, 0.2) is 36.4 Å². The molecule has 0 fully saturated rings. The fourth-order valence-electron chi connectivity index (χ4n) is 3.60. The highest BCUT2D eigenvalue weighted by Gasteiger charge is 2.14. The lowest BCUT2D eigenvalue weighted by atomic mass is 10.0. The van der Waals surface area contributed by atoms with E-state index in [1.54, 1.807) is 6.08 Å². The van der Waals surface area contributed by atoms with Gasteiger partial charge < -0.3 is 14.6 Å². The van der Waals surface area contributed by atoms with Crippen LogP contribution in [0.5, 0.6) is 0 Å². The van der Waals surface area contributed by atoms with Crippen LogP contribution in [0.3, 0.4) is 0 Å². The van der Waals surface area contributed by atoms with Crippen molar-refractivity contribution in [2.75, 3.05) is 13.2 Å². The minimum absolute atomic E-state index is 0.126. The van der Waals surface area contributed by atoms with Crippen LogP contribution < -0.4 is 0 Å². The molecule has 0 amide bonds. The number of hydrogen-bond donors (Lipinski definition) is 1. The summed E-state index contributed by atoms with van der Waals surface area (Å²) in [5.41, 5.74) is 0.874. The second-order valence-electron chi connectivity index (χ2n) is 8.66. The van der Waals surface area contributed by atoms with Crippen molar-refractivity contribution in [1.82, 2.24) is 0 Å². The average molecular weight is 461 g/mol. The van der Waals surface area contributed by atoms with Gasteiger partial charge in [-0.15, -0.1) is 0 Å². The zero-order valence-electron chi connectivity index (χ0n) is 20.5. The third-order valence-electron chi connectivity index (χ3n) is 5.61. The number of esters is 2. The van der Waals surface area contributed by atoms with Crippen molar-refractivity contribution >= 4 is 18.0 Å². The summed E-state index contributed by atoms with van der Waals surface area (Å²) in [7, 11) is 0. The van der Waals surface area contributed by atoms with E-state index < -0.39 is 18.7 Å². The molecule has 0 aliphatic rings. The molecule has 0 aliphatic carbocycles. The zero-order chi connectivity index (χ0) is 24.0. The SMILES string of the molecule is CCCCCCCCCCCCCCCC(=O)OCC(CO)OC(=O)/C=C/c1ccccc1. The van der Waals surface area contributed by atoms with Crippen molar-refractivity contribution in [3.05, 3.63) is 42.0 Å². The van der Waals surface area contributed by atoms with Crippen LogP contribution in [0.25, 0.3) is 6.08 Å². The predicted octanol–water partition coefficient (Wildman–Crippen LogP) is 6.63. The van der Waals surface area contributed by atoms with Gasteiger partial charge in [0.2, 0.25) is 0 Å². The zero-order valence-corrected chi connectivity index (χ0v) is 20.5. The van der Waals surface area contributed by atoms with E-state index in [2.05, 4.69) is 6.92 Å². The monoisotopic (exact) mass is 460 g/mol. The quantitative estimate of drug-likeness (QED) is 0.134. The molecule has 0 radical (unpaired) electrons. The Morgan fingerprint density at radius 2 is 1.39 bits per heavy atom. The van der Waals surface area contributed by atoms with Gasteiger partial charge in [0.1, 0.15) is 6.61 Å². The first-order chi connectivity index (χ1) is 16.2. The van der Waals surface area contributed by atoms with Crippen molar-refractivity contribution in [2.24, 2.45) is 0 Å². The molecule has 0 saturated carbocycles. The summed E-state index contributed by atoms with van der Waals surface area (Å²) in [6.45, 7) is 1.73. The molecule has 1 N–H and O–H groups in total. The molecule has 0 spiro atoms. The Hall–Kier alpha value is -2.14. The molecule has 1 aromatic rings. The minimum atomic E-state index is -0.853. The van der Waals surface area contributed by atoms with E-state index in [9.17, 15) is 14.7 Å². The van der Waals surface area contributed by atoms with Gasteiger partial charge in [-0.2, -0.15) is 0 Å². The Kier molecular flexibility index (Phi) is 17.9. The highest BCUT2D eigenvalue weighted by atomic mass is 16.6. The molecule has 33 heavy (non-hydrogen) atoms. The summed E-state index contributed by atoms with van der Waals surface area (Å²) >= 11 is 0. The first-order valence-electron chi connectivity index (χ1n) is 12.9. The second kappa shape index (κ2) is 20.5. The van der Waals surface area contributed by atoms with Gasteiger partial charge in [-0.25, -0.2) is 4.79 Å². The summed E-state index contributed by atoms with van der Waals surface area (Å²) in [6, 6.07) is 9.37. The van der Waals surface area contributed by atoms with Crippen LogP contribution in [0.2, 0.25) is 0 Å². The molecule has 0 aromatic heterocycles. The second-order valence-corrected chi connectivity index (χ2v) is 8.66. The molecule has 0 bridgehead atoms. The lowest BCUT2D eigenvalue weighted by Gasteiger charge is -2.14. The Bertz CT molecular complexity index is 641. The van der Waals surface area contributed by atoms with Gasteiger partial charge in [0, 0.05) is 12.5 Å². The highest BCUT2D eigenvalue weighted by molar-refractivity contribution is 5.87. The number of carbonyl (C=O) groups is 2. The summed E-state index contributed by atoms with van der Waals surface area (Å²) in [4.78, 5) is 23.8. The summed E-state index contributed by atoms with van der Waals surface area (Å²) < 4.78 is 10.3. The van der Waals surface area contributed by atoms with E-state index in [0.717, 1.165) is 24.8 Å². The minimum Gasteiger partial charge on any atom is -0.462 e. The number of aliphatic hydroxyl groups is 1. The maximum Gasteiger partial charge on any atom is 0.331 e. The van der Waals surface area contributed by atoms with Crippen LogP contribution in [0.4, 0.5) is 0 Å². The molecular weight excluding hydrogens is 416 g/mol. The number of aliphatic hydroxyl groups excluding tert-OH is 1. The Morgan fingerprint density at radius 1 is 0.848 bits per heavy atom. The third-order valence-corrected chi connectivity index (χ3v) is 5.61. The maximum absolute atomic E-state index is 11.9. The summed E-state index contributed by atoms with van der Waals surface area (Å²) in [6.07, 6.45) is 18.8. The fraction of sp³-hybridized carbons (Fsp3) is 0.643. The molecule has 186 valence electrons. The molecule has 5 nitrogen and oxygen atoms in total. The normalized spacial score (nSPS) is 12.1. The lowest BCUT2D eigenvalue weighted by molar-refractivity contribution is -0.157. The molecule has 0 heterocycles. The molecule has 1 aromatic carbocycles. The van der Waals surface area contributed by atoms with Gasteiger partial charge in [0.25, 0.3) is 0 Å². The van der Waals surface area contributed by atoms with Crippen LogP contribution in [-0.4, -0.2) is 36.4 Å². The van der Waals surface area contributed by atoms with Crippen molar-refractivity contribution in [3.63, 3.8) is 0 Å². The highest BCUT2D eigenvalue weighted by Crippen LogP contribution is 2.13. The van der Waals surface area contributed by atoms with E-state index in [-0.39, 0.29) is 12.6 Å². The van der Waals surface area contributed by atoms with Gasteiger partial charge in [0.15, 0.2) is 6.10 Å². The molecule has 1 rings (SSSR count). The Balaban J connectivity index is 2.00. The number of unbranched alkanes of at least 4 members (excludes halogenated alkanes) is 12. The van der Waals surface area contributed by atoms with Crippen LogP contribution >= 0.6 is 0 Å². The van der Waals surface area contributed by atoms with Crippen molar-refractivity contribution in [1.29, 1.82) is 0 Å². The van der Waals surface area contributed by atoms with E-state index in [4.69, 9.17) is 9.47 Å². The largest absolute Gasteiger partial charge is 0.462 e. The third kappa shape index (κ3) is 17.1. The Morgan fingerprint density at radius 3 is 1.94 bits per heavy atom. The first kappa shape index (κ1) is 28.9. The molecule has 5 heteroatoms. The smallest absolute Gasteiger partial charge is 0.331 e. The molecule has 0 saturated heterocycles. The van der Waals surface area contributed by atoms with Gasteiger partial charge in [0.05, 0.1) is 6.61 Å². The number of carbonyl (C=O) groups excluding carboxylic acids is 2. The van der Waals surface area contributed by atoms with E-state index in [0.29, 0.717) is 6.42 Å². The summed E-state index contributed by atoms with van der Waals surface area (Å²) in [5.74, 6) is -0.891. The van der Waals surface area contributed by atoms with Crippen molar-refractivity contribution in [2.45, 2.75) is 103 Å². The number of rotatable bonds is 20. The average Bonchev–Trinajstić information content (AvgIpc) is 2.84. The van der Waals surface area contributed by atoms with Crippen molar-refractivity contribution < 1.29 is 24.2 Å². The van der Waals surface area contributed by atoms with Gasteiger partial charge in [-0.1, -0.05) is 114 Å². The van der Waals surface area contributed by atoms with E-state index in [1.165, 1.54) is 70.3 Å². The number of hydrogen-bond acceptors (Lipinski definition) is 5. The lowest BCUT2D eigenvalue weighted by Crippen LogP contribution is -2.27. The molecular formula is C28H44O5. The molecule has 0 aliphatic heterocycles. The van der Waals surface area contributed by atoms with Crippen LogP contribution in [-0.2, 0) is 19.1 Å². The summed E-state index contributed by atoms with van der Waals surface area (Å²) in [5, 5.41) is 9.38. The predicted molar refractivity (Wildman–Crippen MR) is 134 cm³/mol. The van der Waals surface area contributed by atoms with Gasteiger partial charge in [-0.05, 0) is 18.1 Å². The van der Waals surface area contributed by atoms with Crippen LogP contribution in [0, 0.1) is 0 Å². The maximum atomic E-state index is 11.9. The number of benzene rings is 1.